The highest BCUT2D eigenvalue weighted by molar-refractivity contribution is 7.80. The number of aryl methyl sites for hydroxylation is 2. The minimum absolute atomic E-state index is 0.0149. The molecule has 2 heterocycles. The Hall–Kier alpha value is -1.92. The summed E-state index contributed by atoms with van der Waals surface area (Å²) in [6.07, 6.45) is 8.45. The Morgan fingerprint density at radius 3 is 2.73 bits per heavy atom. The predicted octanol–water partition coefficient (Wildman–Crippen LogP) is 4.33. The van der Waals surface area contributed by atoms with Crippen LogP contribution < -0.4 is 10.9 Å². The molecule has 1 aromatic carbocycles. The van der Waals surface area contributed by atoms with Crippen molar-refractivity contribution in [2.45, 2.75) is 77.5 Å². The van der Waals surface area contributed by atoms with Crippen LogP contribution in [-0.4, -0.2) is 40.3 Å². The van der Waals surface area contributed by atoms with E-state index in [1.165, 1.54) is 24.8 Å². The summed E-state index contributed by atoms with van der Waals surface area (Å²) in [6.45, 7) is 6.27. The van der Waals surface area contributed by atoms with Gasteiger partial charge in [-0.05, 0) is 74.3 Å². The van der Waals surface area contributed by atoms with Crippen molar-refractivity contribution >= 4 is 28.2 Å². The minimum atomic E-state index is -0.0149. The van der Waals surface area contributed by atoms with Gasteiger partial charge in [0.1, 0.15) is 0 Å². The van der Waals surface area contributed by atoms with Gasteiger partial charge in [-0.2, -0.15) is 0 Å². The van der Waals surface area contributed by atoms with Crippen LogP contribution in [0.1, 0.15) is 61.6 Å². The summed E-state index contributed by atoms with van der Waals surface area (Å²) in [7, 11) is 0. The van der Waals surface area contributed by atoms with Crippen LogP contribution in [0.5, 0.6) is 0 Å². The van der Waals surface area contributed by atoms with Crippen molar-refractivity contribution in [3.8, 4) is 0 Å². The number of fused-ring (bicyclic) bond motifs is 1. The zero-order valence-electron chi connectivity index (χ0n) is 18.1. The van der Waals surface area contributed by atoms with Gasteiger partial charge in [-0.25, -0.2) is 0 Å². The van der Waals surface area contributed by atoms with Crippen molar-refractivity contribution in [1.82, 2.24) is 15.2 Å². The highest BCUT2D eigenvalue weighted by atomic mass is 32.1. The second-order valence-corrected chi connectivity index (χ2v) is 9.22. The van der Waals surface area contributed by atoms with Crippen molar-refractivity contribution < 1.29 is 4.74 Å². The van der Waals surface area contributed by atoms with Gasteiger partial charge in [0.25, 0.3) is 5.56 Å². The van der Waals surface area contributed by atoms with Gasteiger partial charge in [0.05, 0.1) is 18.2 Å². The lowest BCUT2D eigenvalue weighted by Crippen LogP contribution is -2.48. The molecule has 4 rings (SSSR count). The summed E-state index contributed by atoms with van der Waals surface area (Å²) in [5.41, 5.74) is 4.02. The van der Waals surface area contributed by atoms with E-state index in [-0.39, 0.29) is 11.7 Å². The van der Waals surface area contributed by atoms with Crippen LogP contribution in [0.25, 0.3) is 10.9 Å². The second kappa shape index (κ2) is 9.48. The lowest BCUT2D eigenvalue weighted by molar-refractivity contribution is 0.112. The summed E-state index contributed by atoms with van der Waals surface area (Å²) < 4.78 is 5.74. The van der Waals surface area contributed by atoms with E-state index in [4.69, 9.17) is 17.0 Å². The first-order valence-electron chi connectivity index (χ1n) is 11.3. The van der Waals surface area contributed by atoms with E-state index in [0.29, 0.717) is 12.6 Å². The van der Waals surface area contributed by atoms with E-state index in [2.05, 4.69) is 41.2 Å². The van der Waals surface area contributed by atoms with Gasteiger partial charge < -0.3 is 19.9 Å². The zero-order valence-corrected chi connectivity index (χ0v) is 18.9. The van der Waals surface area contributed by atoms with Gasteiger partial charge in [0.2, 0.25) is 0 Å². The quantitative estimate of drug-likeness (QED) is 0.696. The van der Waals surface area contributed by atoms with E-state index < -0.39 is 0 Å². The maximum Gasteiger partial charge on any atom is 0.253 e. The highest BCUT2D eigenvalue weighted by Gasteiger charge is 2.25. The van der Waals surface area contributed by atoms with Crippen LogP contribution in [-0.2, 0) is 11.3 Å². The van der Waals surface area contributed by atoms with Crippen molar-refractivity contribution in [2.75, 3.05) is 13.2 Å². The number of pyridine rings is 1. The van der Waals surface area contributed by atoms with E-state index in [1.807, 2.05) is 6.07 Å². The van der Waals surface area contributed by atoms with Crippen LogP contribution in [0.2, 0.25) is 0 Å². The molecule has 0 spiro atoms. The third-order valence-corrected chi connectivity index (χ3v) is 7.13. The molecule has 0 bridgehead atoms. The van der Waals surface area contributed by atoms with Crippen molar-refractivity contribution in [3.05, 3.63) is 45.2 Å². The molecular weight excluding hydrogens is 394 g/mol. The molecule has 2 aliphatic rings. The Morgan fingerprint density at radius 2 is 2.00 bits per heavy atom. The fraction of sp³-hybridized carbons (Fsp3) is 0.583. The topological polar surface area (TPSA) is 57.4 Å². The Balaban J connectivity index is 1.57. The first kappa shape index (κ1) is 21.3. The third-order valence-electron chi connectivity index (χ3n) is 6.75. The van der Waals surface area contributed by atoms with E-state index in [0.717, 1.165) is 66.0 Å². The highest BCUT2D eigenvalue weighted by Crippen LogP contribution is 2.25. The number of aromatic nitrogens is 1. The minimum Gasteiger partial charge on any atom is -0.376 e. The fourth-order valence-corrected chi connectivity index (χ4v) is 5.04. The Labute approximate surface area is 184 Å². The predicted molar refractivity (Wildman–Crippen MR) is 126 cm³/mol. The number of nitrogens with one attached hydrogen (secondary N) is 2. The molecule has 6 heteroatoms. The average Bonchev–Trinajstić information content (AvgIpc) is 3.28. The molecule has 1 aromatic heterocycles. The SMILES string of the molecule is Cc1ccc2cc(CN(C(=S)NC[C@@H]3CCCO3)C3CCCCC3)c(=O)[nH]c2c1C. The third kappa shape index (κ3) is 4.70. The Bertz CT molecular complexity index is 959. The molecule has 0 amide bonds. The molecule has 30 heavy (non-hydrogen) atoms. The molecule has 162 valence electrons. The average molecular weight is 428 g/mol. The van der Waals surface area contributed by atoms with E-state index >= 15 is 0 Å². The van der Waals surface area contributed by atoms with Crippen molar-refractivity contribution in [1.29, 1.82) is 0 Å². The summed E-state index contributed by atoms with van der Waals surface area (Å²) in [5, 5.41) is 5.26. The van der Waals surface area contributed by atoms with Crippen molar-refractivity contribution in [3.63, 3.8) is 0 Å². The van der Waals surface area contributed by atoms with Crippen LogP contribution in [0, 0.1) is 13.8 Å². The number of nitrogens with zero attached hydrogens (tertiary/aromatic N) is 1. The normalized spacial score (nSPS) is 19.9. The molecule has 1 saturated heterocycles. The Morgan fingerprint density at radius 1 is 1.20 bits per heavy atom. The molecule has 0 unspecified atom stereocenters. The molecule has 0 radical (unpaired) electrons. The van der Waals surface area contributed by atoms with Gasteiger partial charge in [-0.3, -0.25) is 4.79 Å². The molecule has 5 nitrogen and oxygen atoms in total. The van der Waals surface area contributed by atoms with Crippen LogP contribution in [0.4, 0.5) is 0 Å². The van der Waals surface area contributed by atoms with Gasteiger partial charge >= 0.3 is 0 Å². The molecule has 2 aromatic rings. The van der Waals surface area contributed by atoms with Gasteiger partial charge in [0.15, 0.2) is 5.11 Å². The summed E-state index contributed by atoms with van der Waals surface area (Å²) in [4.78, 5) is 18.3. The van der Waals surface area contributed by atoms with E-state index in [1.54, 1.807) is 0 Å². The zero-order chi connectivity index (χ0) is 21.1. The van der Waals surface area contributed by atoms with E-state index in [9.17, 15) is 4.79 Å². The number of rotatable bonds is 5. The summed E-state index contributed by atoms with van der Waals surface area (Å²) >= 11 is 5.81. The monoisotopic (exact) mass is 427 g/mol. The number of H-pyrrole nitrogens is 1. The first-order chi connectivity index (χ1) is 14.5. The lowest BCUT2D eigenvalue weighted by Gasteiger charge is -2.36. The maximum atomic E-state index is 12.9. The molecule has 1 saturated carbocycles. The fourth-order valence-electron chi connectivity index (χ4n) is 4.74. The number of aromatic amines is 1. The van der Waals surface area contributed by atoms with Gasteiger partial charge in [-0.15, -0.1) is 0 Å². The number of benzene rings is 1. The standard InChI is InChI=1S/C24H33N3O2S/c1-16-10-11-18-13-19(23(28)26-22(18)17(16)2)15-27(20-7-4-3-5-8-20)24(30)25-14-21-9-6-12-29-21/h10-11,13,20-21H,3-9,12,14-15H2,1-2H3,(H,25,30)(H,26,28)/t21-/m0/s1. The smallest absolute Gasteiger partial charge is 0.253 e. The second-order valence-electron chi connectivity index (χ2n) is 8.84. The van der Waals surface area contributed by atoms with Crippen molar-refractivity contribution in [2.24, 2.45) is 0 Å². The Kier molecular flexibility index (Phi) is 6.74. The van der Waals surface area contributed by atoms with Gasteiger partial charge in [0, 0.05) is 24.8 Å². The largest absolute Gasteiger partial charge is 0.376 e. The molecule has 1 aliphatic heterocycles. The summed E-state index contributed by atoms with van der Waals surface area (Å²) in [5.74, 6) is 0. The first-order valence-corrected chi connectivity index (χ1v) is 11.7. The van der Waals surface area contributed by atoms with Crippen LogP contribution >= 0.6 is 12.2 Å². The maximum absolute atomic E-state index is 12.9. The number of hydrogen-bond acceptors (Lipinski definition) is 3. The lowest BCUT2D eigenvalue weighted by atomic mass is 9.94. The number of hydrogen-bond donors (Lipinski definition) is 2. The molecule has 1 aliphatic carbocycles. The van der Waals surface area contributed by atoms with Crippen LogP contribution in [0.3, 0.4) is 0 Å². The molecule has 1 atom stereocenters. The summed E-state index contributed by atoms with van der Waals surface area (Å²) in [6, 6.07) is 6.64. The molecular formula is C24H33N3O2S. The van der Waals surface area contributed by atoms with Crippen LogP contribution in [0.15, 0.2) is 23.0 Å². The molecule has 2 fully saturated rings. The molecule has 2 N–H and O–H groups in total. The number of thiocarbonyl (C=S) groups is 1. The van der Waals surface area contributed by atoms with Gasteiger partial charge in [-0.1, -0.05) is 31.4 Å². The number of ether oxygens (including phenoxy) is 1.